The summed E-state index contributed by atoms with van der Waals surface area (Å²) in [4.78, 5) is 17.4. The lowest BCUT2D eigenvalue weighted by molar-refractivity contribution is -0.384. The lowest BCUT2D eigenvalue weighted by Gasteiger charge is -2.08. The zero-order valence-electron chi connectivity index (χ0n) is 10.0. The van der Waals surface area contributed by atoms with Crippen molar-refractivity contribution in [3.05, 3.63) is 52.1 Å². The molecule has 0 saturated carbocycles. The molecule has 2 N–H and O–H groups in total. The van der Waals surface area contributed by atoms with E-state index in [0.717, 1.165) is 23.5 Å². The maximum Gasteiger partial charge on any atom is 0.271 e. The average Bonchev–Trinajstić information content (AvgIpc) is 2.84. The number of nitrogens with zero attached hydrogens (tertiary/aromatic N) is 2. The van der Waals surface area contributed by atoms with Gasteiger partial charge in [0.25, 0.3) is 5.69 Å². The van der Waals surface area contributed by atoms with Crippen LogP contribution in [0.15, 0.2) is 30.6 Å². The number of imidazole rings is 1. The number of nitro groups is 1. The Morgan fingerprint density at radius 2 is 2.33 bits per heavy atom. The molecular weight excluding hydrogens is 232 g/mol. The Labute approximate surface area is 104 Å². The number of nitro benzene ring substituents is 1. The van der Waals surface area contributed by atoms with Gasteiger partial charge in [0.2, 0.25) is 0 Å². The van der Waals surface area contributed by atoms with Crippen molar-refractivity contribution >= 4 is 11.4 Å². The van der Waals surface area contributed by atoms with E-state index in [-0.39, 0.29) is 5.69 Å². The van der Waals surface area contributed by atoms with Gasteiger partial charge in [0.1, 0.15) is 5.82 Å². The number of H-pyrrole nitrogens is 1. The van der Waals surface area contributed by atoms with E-state index < -0.39 is 4.92 Å². The Kier molecular flexibility index (Phi) is 3.57. The van der Waals surface area contributed by atoms with Crippen molar-refractivity contribution in [2.75, 3.05) is 11.9 Å². The largest absolute Gasteiger partial charge is 0.384 e. The second kappa shape index (κ2) is 5.31. The predicted molar refractivity (Wildman–Crippen MR) is 68.6 cm³/mol. The van der Waals surface area contributed by atoms with E-state index in [0.29, 0.717) is 6.54 Å². The van der Waals surface area contributed by atoms with Crippen molar-refractivity contribution in [1.29, 1.82) is 0 Å². The SMILES string of the molecule is Cc1ccc([N+](=O)[O-])cc1NCCc1ncc[nH]1. The first kappa shape index (κ1) is 12.1. The van der Waals surface area contributed by atoms with Crippen molar-refractivity contribution < 1.29 is 4.92 Å². The van der Waals surface area contributed by atoms with Crippen LogP contribution in [0.3, 0.4) is 0 Å². The summed E-state index contributed by atoms with van der Waals surface area (Å²) in [6, 6.07) is 4.80. The lowest BCUT2D eigenvalue weighted by Crippen LogP contribution is -2.07. The highest BCUT2D eigenvalue weighted by Gasteiger charge is 2.08. The van der Waals surface area contributed by atoms with E-state index in [2.05, 4.69) is 15.3 Å². The minimum Gasteiger partial charge on any atom is -0.384 e. The molecule has 0 bridgehead atoms. The number of aromatic nitrogens is 2. The number of benzene rings is 1. The van der Waals surface area contributed by atoms with Crippen molar-refractivity contribution in [2.24, 2.45) is 0 Å². The van der Waals surface area contributed by atoms with Crippen LogP contribution in [0, 0.1) is 17.0 Å². The van der Waals surface area contributed by atoms with E-state index in [1.54, 1.807) is 24.5 Å². The van der Waals surface area contributed by atoms with E-state index >= 15 is 0 Å². The van der Waals surface area contributed by atoms with Gasteiger partial charge < -0.3 is 10.3 Å². The maximum atomic E-state index is 10.7. The van der Waals surface area contributed by atoms with Crippen LogP contribution in [-0.4, -0.2) is 21.4 Å². The van der Waals surface area contributed by atoms with E-state index in [4.69, 9.17) is 0 Å². The summed E-state index contributed by atoms with van der Waals surface area (Å²) in [7, 11) is 0. The highest BCUT2D eigenvalue weighted by Crippen LogP contribution is 2.21. The lowest BCUT2D eigenvalue weighted by atomic mass is 10.2. The quantitative estimate of drug-likeness (QED) is 0.626. The number of rotatable bonds is 5. The first-order chi connectivity index (χ1) is 8.66. The van der Waals surface area contributed by atoms with Gasteiger partial charge in [-0.1, -0.05) is 6.07 Å². The molecule has 6 heteroatoms. The number of hydrogen-bond donors (Lipinski definition) is 2. The Bertz CT molecular complexity index is 537. The summed E-state index contributed by atoms with van der Waals surface area (Å²) in [6.45, 7) is 2.59. The third kappa shape index (κ3) is 2.85. The van der Waals surface area contributed by atoms with Crippen molar-refractivity contribution in [2.45, 2.75) is 13.3 Å². The summed E-state index contributed by atoms with van der Waals surface area (Å²) >= 11 is 0. The number of aryl methyl sites for hydroxylation is 1. The minimum absolute atomic E-state index is 0.0982. The van der Waals surface area contributed by atoms with Crippen molar-refractivity contribution in [1.82, 2.24) is 9.97 Å². The van der Waals surface area contributed by atoms with Crippen LogP contribution in [0.25, 0.3) is 0 Å². The maximum absolute atomic E-state index is 10.7. The monoisotopic (exact) mass is 246 g/mol. The van der Waals surface area contributed by atoms with Gasteiger partial charge in [-0.05, 0) is 12.5 Å². The normalized spacial score (nSPS) is 10.3. The van der Waals surface area contributed by atoms with Crippen LogP contribution in [0.5, 0.6) is 0 Å². The molecule has 0 aliphatic carbocycles. The molecule has 1 aromatic heterocycles. The van der Waals surface area contributed by atoms with Crippen molar-refractivity contribution in [3.63, 3.8) is 0 Å². The van der Waals surface area contributed by atoms with Gasteiger partial charge in [0, 0.05) is 43.2 Å². The van der Waals surface area contributed by atoms with Gasteiger partial charge in [-0.15, -0.1) is 0 Å². The zero-order chi connectivity index (χ0) is 13.0. The fourth-order valence-electron chi connectivity index (χ4n) is 1.66. The highest BCUT2D eigenvalue weighted by molar-refractivity contribution is 5.56. The third-order valence-electron chi connectivity index (χ3n) is 2.66. The highest BCUT2D eigenvalue weighted by atomic mass is 16.6. The molecule has 0 aliphatic rings. The molecule has 0 amide bonds. The van der Waals surface area contributed by atoms with Gasteiger partial charge >= 0.3 is 0 Å². The molecular formula is C12H14N4O2. The Morgan fingerprint density at radius 1 is 1.50 bits per heavy atom. The molecule has 94 valence electrons. The van der Waals surface area contributed by atoms with Crippen LogP contribution in [0.4, 0.5) is 11.4 Å². The number of hydrogen-bond acceptors (Lipinski definition) is 4. The molecule has 0 saturated heterocycles. The van der Waals surface area contributed by atoms with Crippen LogP contribution >= 0.6 is 0 Å². The Morgan fingerprint density at radius 3 is 3.00 bits per heavy atom. The molecule has 0 spiro atoms. The summed E-state index contributed by atoms with van der Waals surface area (Å²) in [5.41, 5.74) is 1.87. The molecule has 2 aromatic rings. The fourth-order valence-corrected chi connectivity index (χ4v) is 1.66. The molecule has 0 fully saturated rings. The minimum atomic E-state index is -0.392. The van der Waals surface area contributed by atoms with Crippen LogP contribution in [0.1, 0.15) is 11.4 Å². The van der Waals surface area contributed by atoms with Crippen LogP contribution < -0.4 is 5.32 Å². The number of anilines is 1. The number of aromatic amines is 1. The molecule has 1 aromatic carbocycles. The fraction of sp³-hybridized carbons (Fsp3) is 0.250. The molecule has 0 aliphatic heterocycles. The molecule has 0 unspecified atom stereocenters. The Hall–Kier alpha value is -2.37. The third-order valence-corrected chi connectivity index (χ3v) is 2.66. The van der Waals surface area contributed by atoms with E-state index in [1.807, 2.05) is 6.92 Å². The molecule has 6 nitrogen and oxygen atoms in total. The van der Waals surface area contributed by atoms with Crippen LogP contribution in [-0.2, 0) is 6.42 Å². The summed E-state index contributed by atoms with van der Waals surface area (Å²) in [6.07, 6.45) is 4.22. The van der Waals surface area contributed by atoms with Gasteiger partial charge in [-0.3, -0.25) is 10.1 Å². The average molecular weight is 246 g/mol. The van der Waals surface area contributed by atoms with E-state index in [9.17, 15) is 10.1 Å². The predicted octanol–water partition coefficient (Wildman–Crippen LogP) is 2.28. The summed E-state index contributed by atoms with van der Waals surface area (Å²) < 4.78 is 0. The Balaban J connectivity index is 2.00. The molecule has 2 rings (SSSR count). The van der Waals surface area contributed by atoms with Gasteiger partial charge in [0.05, 0.1) is 4.92 Å². The second-order valence-electron chi connectivity index (χ2n) is 3.97. The summed E-state index contributed by atoms with van der Waals surface area (Å²) in [5, 5.41) is 13.9. The van der Waals surface area contributed by atoms with Gasteiger partial charge in [-0.2, -0.15) is 0 Å². The number of nitrogens with one attached hydrogen (secondary N) is 2. The second-order valence-corrected chi connectivity index (χ2v) is 3.97. The van der Waals surface area contributed by atoms with Crippen molar-refractivity contribution in [3.8, 4) is 0 Å². The molecule has 1 heterocycles. The molecule has 0 radical (unpaired) electrons. The van der Waals surface area contributed by atoms with Crippen LogP contribution in [0.2, 0.25) is 0 Å². The molecule has 0 atom stereocenters. The first-order valence-corrected chi connectivity index (χ1v) is 5.64. The standard InChI is InChI=1S/C12H14N4O2/c1-9-2-3-10(16(17)18)8-11(9)13-5-4-12-14-6-7-15-12/h2-3,6-8,13H,4-5H2,1H3,(H,14,15). The number of non-ortho nitro benzene ring substituents is 1. The van der Waals surface area contributed by atoms with E-state index in [1.165, 1.54) is 6.07 Å². The zero-order valence-corrected chi connectivity index (χ0v) is 10.0. The molecule has 18 heavy (non-hydrogen) atoms. The smallest absolute Gasteiger partial charge is 0.271 e. The topological polar surface area (TPSA) is 83.8 Å². The summed E-state index contributed by atoms with van der Waals surface area (Å²) in [5.74, 6) is 0.894. The first-order valence-electron chi connectivity index (χ1n) is 5.64. The van der Waals surface area contributed by atoms with Gasteiger partial charge in [-0.25, -0.2) is 4.98 Å². The van der Waals surface area contributed by atoms with Gasteiger partial charge in [0.15, 0.2) is 0 Å².